The van der Waals surface area contributed by atoms with Crippen molar-refractivity contribution < 1.29 is 4.74 Å². The van der Waals surface area contributed by atoms with Gasteiger partial charge in [-0.2, -0.15) is 0 Å². The Kier molecular flexibility index (Phi) is 4.25. The molecule has 100 valence electrons. The maximum absolute atomic E-state index is 5.88. The summed E-state index contributed by atoms with van der Waals surface area (Å²) in [5.41, 5.74) is 8.01. The Morgan fingerprint density at radius 1 is 1.50 bits per heavy atom. The molecule has 2 rings (SSSR count). The van der Waals surface area contributed by atoms with E-state index in [1.807, 2.05) is 12.1 Å². The molecule has 18 heavy (non-hydrogen) atoms. The maximum Gasteiger partial charge on any atom is 0.0675 e. The van der Waals surface area contributed by atoms with Crippen molar-refractivity contribution in [3.05, 3.63) is 29.8 Å². The molecule has 0 saturated carbocycles. The minimum absolute atomic E-state index is 0.316. The molecule has 1 heterocycles. The Balaban J connectivity index is 2.17. The number of nitrogens with two attached hydrogens (primary N) is 1. The molecule has 3 nitrogen and oxygen atoms in total. The zero-order valence-corrected chi connectivity index (χ0v) is 11.6. The van der Waals surface area contributed by atoms with Crippen LogP contribution < -0.4 is 5.73 Å². The summed E-state index contributed by atoms with van der Waals surface area (Å²) in [7, 11) is 0. The van der Waals surface area contributed by atoms with Gasteiger partial charge in [0.2, 0.25) is 0 Å². The number of nitrogen functional groups attached to an aromatic ring is 1. The first-order valence-corrected chi connectivity index (χ1v) is 6.84. The Morgan fingerprint density at radius 3 is 2.94 bits per heavy atom. The van der Waals surface area contributed by atoms with E-state index in [0.29, 0.717) is 18.2 Å². The third kappa shape index (κ3) is 2.85. The van der Waals surface area contributed by atoms with Gasteiger partial charge in [0, 0.05) is 24.3 Å². The standard InChI is InChI=1S/C15H24N2O/c1-4-15-10-18-11(2)9-17(15)12(3)13-6-5-7-14(16)8-13/h5-8,11-12,15H,4,9-10,16H2,1-3H3. The lowest BCUT2D eigenvalue weighted by molar-refractivity contribution is -0.0705. The number of rotatable bonds is 3. The monoisotopic (exact) mass is 248 g/mol. The van der Waals surface area contributed by atoms with E-state index in [4.69, 9.17) is 10.5 Å². The van der Waals surface area contributed by atoms with Crippen molar-refractivity contribution in [3.8, 4) is 0 Å². The summed E-state index contributed by atoms with van der Waals surface area (Å²) in [6, 6.07) is 9.12. The topological polar surface area (TPSA) is 38.5 Å². The van der Waals surface area contributed by atoms with Crippen molar-refractivity contribution in [1.29, 1.82) is 0 Å². The molecule has 2 N–H and O–H groups in total. The number of nitrogens with zero attached hydrogens (tertiary/aromatic N) is 1. The van der Waals surface area contributed by atoms with Crippen LogP contribution in [-0.2, 0) is 4.74 Å². The molecule has 0 amide bonds. The highest BCUT2D eigenvalue weighted by Gasteiger charge is 2.29. The molecule has 0 spiro atoms. The number of hydrogen-bond acceptors (Lipinski definition) is 3. The van der Waals surface area contributed by atoms with Crippen LogP contribution in [0.25, 0.3) is 0 Å². The SMILES string of the molecule is CCC1COC(C)CN1C(C)c1cccc(N)c1. The van der Waals surface area contributed by atoms with E-state index >= 15 is 0 Å². The Hall–Kier alpha value is -1.06. The van der Waals surface area contributed by atoms with Gasteiger partial charge in [-0.15, -0.1) is 0 Å². The van der Waals surface area contributed by atoms with Crippen LogP contribution in [0, 0.1) is 0 Å². The lowest BCUT2D eigenvalue weighted by atomic mass is 10.0. The number of hydrogen-bond donors (Lipinski definition) is 1. The third-order valence-electron chi connectivity index (χ3n) is 3.87. The second kappa shape index (κ2) is 5.72. The summed E-state index contributed by atoms with van der Waals surface area (Å²) in [6.07, 6.45) is 1.44. The van der Waals surface area contributed by atoms with E-state index < -0.39 is 0 Å². The van der Waals surface area contributed by atoms with Gasteiger partial charge in [0.25, 0.3) is 0 Å². The minimum Gasteiger partial charge on any atom is -0.399 e. The number of anilines is 1. The lowest BCUT2D eigenvalue weighted by Gasteiger charge is -2.42. The maximum atomic E-state index is 5.88. The molecule has 0 aromatic heterocycles. The van der Waals surface area contributed by atoms with E-state index in [1.54, 1.807) is 0 Å². The van der Waals surface area contributed by atoms with Crippen molar-refractivity contribution in [1.82, 2.24) is 4.90 Å². The lowest BCUT2D eigenvalue weighted by Crippen LogP contribution is -2.49. The summed E-state index contributed by atoms with van der Waals surface area (Å²) in [5.74, 6) is 0. The first-order chi connectivity index (χ1) is 8.61. The fourth-order valence-electron chi connectivity index (χ4n) is 2.71. The normalized spacial score (nSPS) is 27.1. The van der Waals surface area contributed by atoms with Crippen molar-refractivity contribution in [3.63, 3.8) is 0 Å². The number of morpholine rings is 1. The summed E-state index contributed by atoms with van der Waals surface area (Å²) in [4.78, 5) is 2.54. The highest BCUT2D eigenvalue weighted by Crippen LogP contribution is 2.28. The van der Waals surface area contributed by atoms with Gasteiger partial charge in [0.15, 0.2) is 0 Å². The first kappa shape index (κ1) is 13.4. The zero-order chi connectivity index (χ0) is 13.1. The van der Waals surface area contributed by atoms with Gasteiger partial charge in [-0.3, -0.25) is 4.90 Å². The summed E-state index contributed by atoms with van der Waals surface area (Å²) in [5, 5.41) is 0. The molecule has 1 fully saturated rings. The zero-order valence-electron chi connectivity index (χ0n) is 11.6. The molecule has 1 aliphatic rings. The van der Waals surface area contributed by atoms with Crippen molar-refractivity contribution >= 4 is 5.69 Å². The van der Waals surface area contributed by atoms with Crippen LogP contribution in [0.3, 0.4) is 0 Å². The van der Waals surface area contributed by atoms with E-state index in [0.717, 1.165) is 25.3 Å². The van der Waals surface area contributed by atoms with Gasteiger partial charge in [0.1, 0.15) is 0 Å². The van der Waals surface area contributed by atoms with Crippen LogP contribution in [0.2, 0.25) is 0 Å². The fourth-order valence-corrected chi connectivity index (χ4v) is 2.71. The first-order valence-electron chi connectivity index (χ1n) is 6.84. The van der Waals surface area contributed by atoms with Crippen LogP contribution in [0.1, 0.15) is 38.8 Å². The third-order valence-corrected chi connectivity index (χ3v) is 3.87. The fraction of sp³-hybridized carbons (Fsp3) is 0.600. The Bertz CT molecular complexity index is 394. The second-order valence-electron chi connectivity index (χ2n) is 5.25. The second-order valence-corrected chi connectivity index (χ2v) is 5.25. The predicted molar refractivity (Wildman–Crippen MR) is 75.5 cm³/mol. The molecule has 1 aliphatic heterocycles. The van der Waals surface area contributed by atoms with Gasteiger partial charge >= 0.3 is 0 Å². The van der Waals surface area contributed by atoms with E-state index in [1.165, 1.54) is 5.56 Å². The molecule has 3 atom stereocenters. The van der Waals surface area contributed by atoms with Crippen molar-refractivity contribution in [2.24, 2.45) is 0 Å². The van der Waals surface area contributed by atoms with Gasteiger partial charge in [0.05, 0.1) is 12.7 Å². The Labute approximate surface area is 110 Å². The average molecular weight is 248 g/mol. The molecule has 0 bridgehead atoms. The molecule has 0 aliphatic carbocycles. The largest absolute Gasteiger partial charge is 0.399 e. The smallest absolute Gasteiger partial charge is 0.0675 e. The molecular formula is C15H24N2O. The molecule has 1 aromatic carbocycles. The summed E-state index contributed by atoms with van der Waals surface area (Å²) < 4.78 is 5.75. The van der Waals surface area contributed by atoms with E-state index in [-0.39, 0.29) is 0 Å². The van der Waals surface area contributed by atoms with Crippen molar-refractivity contribution in [2.45, 2.75) is 45.4 Å². The van der Waals surface area contributed by atoms with Gasteiger partial charge in [-0.05, 0) is 38.0 Å². The van der Waals surface area contributed by atoms with E-state index in [2.05, 4.69) is 37.8 Å². The number of benzene rings is 1. The quantitative estimate of drug-likeness (QED) is 0.836. The van der Waals surface area contributed by atoms with Crippen LogP contribution >= 0.6 is 0 Å². The predicted octanol–water partition coefficient (Wildman–Crippen LogP) is 2.83. The molecule has 3 heteroatoms. The molecule has 0 radical (unpaired) electrons. The van der Waals surface area contributed by atoms with Crippen LogP contribution in [0.5, 0.6) is 0 Å². The Morgan fingerprint density at radius 2 is 2.28 bits per heavy atom. The summed E-state index contributed by atoms with van der Waals surface area (Å²) in [6.45, 7) is 8.46. The minimum atomic E-state index is 0.316. The highest BCUT2D eigenvalue weighted by atomic mass is 16.5. The average Bonchev–Trinajstić information content (AvgIpc) is 2.38. The van der Waals surface area contributed by atoms with Gasteiger partial charge in [-0.25, -0.2) is 0 Å². The van der Waals surface area contributed by atoms with Crippen molar-refractivity contribution in [2.75, 3.05) is 18.9 Å². The van der Waals surface area contributed by atoms with Crippen LogP contribution in [0.4, 0.5) is 5.69 Å². The molecule has 1 aromatic rings. The molecule has 1 saturated heterocycles. The summed E-state index contributed by atoms with van der Waals surface area (Å²) >= 11 is 0. The van der Waals surface area contributed by atoms with Crippen LogP contribution in [0.15, 0.2) is 24.3 Å². The molecular weight excluding hydrogens is 224 g/mol. The highest BCUT2D eigenvalue weighted by molar-refractivity contribution is 5.41. The number of ether oxygens (including phenoxy) is 1. The van der Waals surface area contributed by atoms with Gasteiger partial charge in [-0.1, -0.05) is 19.1 Å². The molecule has 3 unspecified atom stereocenters. The van der Waals surface area contributed by atoms with Gasteiger partial charge < -0.3 is 10.5 Å². The van der Waals surface area contributed by atoms with E-state index in [9.17, 15) is 0 Å². The van der Waals surface area contributed by atoms with Crippen LogP contribution in [-0.4, -0.2) is 30.2 Å².